The number of aryl methyl sites for hydroxylation is 1. The van der Waals surface area contributed by atoms with Crippen molar-refractivity contribution in [2.24, 2.45) is 0 Å². The highest BCUT2D eigenvalue weighted by atomic mass is 16.5. The van der Waals surface area contributed by atoms with Gasteiger partial charge >= 0.3 is 0 Å². The zero-order chi connectivity index (χ0) is 24.8. The van der Waals surface area contributed by atoms with E-state index < -0.39 is 6.04 Å². The second-order valence-corrected chi connectivity index (χ2v) is 9.05. The maximum atomic E-state index is 13.4. The van der Waals surface area contributed by atoms with Gasteiger partial charge in [-0.25, -0.2) is 0 Å². The molecule has 0 radical (unpaired) electrons. The molecule has 0 saturated heterocycles. The van der Waals surface area contributed by atoms with Gasteiger partial charge in [-0.05, 0) is 49.6 Å². The number of benzene rings is 2. The van der Waals surface area contributed by atoms with E-state index in [0.29, 0.717) is 5.82 Å². The largest absolute Gasteiger partial charge is 0.497 e. The summed E-state index contributed by atoms with van der Waals surface area (Å²) in [4.78, 5) is 29.3. The molecule has 1 saturated carbocycles. The van der Waals surface area contributed by atoms with Gasteiger partial charge in [0.05, 0.1) is 7.11 Å². The molecule has 1 fully saturated rings. The molecule has 2 aromatic carbocycles. The topological polar surface area (TPSA) is 102 Å². The van der Waals surface area contributed by atoms with E-state index in [2.05, 4.69) is 20.7 Å². The molecule has 0 aliphatic heterocycles. The van der Waals surface area contributed by atoms with E-state index in [-0.39, 0.29) is 30.9 Å². The number of methoxy groups -OCH3 is 1. The third-order valence-electron chi connectivity index (χ3n) is 6.42. The molecule has 9 heteroatoms. The summed E-state index contributed by atoms with van der Waals surface area (Å²) in [6.07, 6.45) is 4.20. The van der Waals surface area contributed by atoms with E-state index >= 15 is 0 Å². The Balaban J connectivity index is 1.50. The monoisotopic (exact) mass is 476 g/mol. The minimum absolute atomic E-state index is 0.115. The van der Waals surface area contributed by atoms with Gasteiger partial charge in [0, 0.05) is 18.2 Å². The number of hydrogen-bond acceptors (Lipinski definition) is 6. The number of nitrogens with zero attached hydrogens (tertiary/aromatic N) is 5. The standard InChI is InChI=1S/C26H32N6O3/c1-18-8-12-21(13-9-18)25-28-30-32(29-25)17-24(33)31(16-20-10-14-23(35-3)15-11-20)19(2)26(34)27-22-6-4-5-7-22/h8-15,19,22H,4-7,16-17H2,1-3H3,(H,27,34)/t19-/m0/s1. The predicted molar refractivity (Wildman–Crippen MR) is 131 cm³/mol. The number of aromatic nitrogens is 4. The van der Waals surface area contributed by atoms with Crippen LogP contribution in [-0.2, 0) is 22.7 Å². The van der Waals surface area contributed by atoms with Gasteiger partial charge in [-0.15, -0.1) is 10.2 Å². The van der Waals surface area contributed by atoms with Crippen LogP contribution in [0.1, 0.15) is 43.7 Å². The maximum absolute atomic E-state index is 13.4. The summed E-state index contributed by atoms with van der Waals surface area (Å²) in [5.41, 5.74) is 2.86. The molecule has 1 N–H and O–H groups in total. The van der Waals surface area contributed by atoms with E-state index in [1.807, 2.05) is 55.5 Å². The Kier molecular flexibility index (Phi) is 7.74. The first-order valence-corrected chi connectivity index (χ1v) is 12.0. The Morgan fingerprint density at radius 1 is 1.11 bits per heavy atom. The Morgan fingerprint density at radius 3 is 2.46 bits per heavy atom. The Hall–Kier alpha value is -3.75. The summed E-state index contributed by atoms with van der Waals surface area (Å²) >= 11 is 0. The van der Waals surface area contributed by atoms with Gasteiger partial charge in [-0.3, -0.25) is 9.59 Å². The highest BCUT2D eigenvalue weighted by Crippen LogP contribution is 2.19. The predicted octanol–water partition coefficient (Wildman–Crippen LogP) is 3.13. The van der Waals surface area contributed by atoms with Crippen molar-refractivity contribution in [3.8, 4) is 17.1 Å². The number of ether oxygens (including phenoxy) is 1. The van der Waals surface area contributed by atoms with Crippen molar-refractivity contribution in [3.05, 3.63) is 59.7 Å². The number of nitrogens with one attached hydrogen (secondary N) is 1. The lowest BCUT2D eigenvalue weighted by molar-refractivity contribution is -0.141. The lowest BCUT2D eigenvalue weighted by Crippen LogP contribution is -2.50. The molecule has 184 valence electrons. The summed E-state index contributed by atoms with van der Waals surface area (Å²) in [7, 11) is 1.61. The lowest BCUT2D eigenvalue weighted by atomic mass is 10.1. The first-order valence-electron chi connectivity index (χ1n) is 12.0. The van der Waals surface area contributed by atoms with Gasteiger partial charge in [0.1, 0.15) is 18.3 Å². The SMILES string of the molecule is COc1ccc(CN(C(=O)Cn2nnc(-c3ccc(C)cc3)n2)[C@@H](C)C(=O)NC2CCCC2)cc1. The Labute approximate surface area is 205 Å². The van der Waals surface area contributed by atoms with E-state index in [0.717, 1.165) is 48.1 Å². The van der Waals surface area contributed by atoms with Gasteiger partial charge in [-0.2, -0.15) is 4.80 Å². The van der Waals surface area contributed by atoms with Crippen LogP contribution >= 0.6 is 0 Å². The number of rotatable bonds is 9. The number of amides is 2. The average molecular weight is 477 g/mol. The third-order valence-corrected chi connectivity index (χ3v) is 6.42. The van der Waals surface area contributed by atoms with Crippen LogP contribution in [0.3, 0.4) is 0 Å². The van der Waals surface area contributed by atoms with Crippen LogP contribution in [0, 0.1) is 6.92 Å². The van der Waals surface area contributed by atoms with Gasteiger partial charge in [0.15, 0.2) is 0 Å². The van der Waals surface area contributed by atoms with Crippen LogP contribution in [0.5, 0.6) is 5.75 Å². The molecule has 0 unspecified atom stereocenters. The smallest absolute Gasteiger partial charge is 0.247 e. The molecule has 1 aliphatic rings. The highest BCUT2D eigenvalue weighted by molar-refractivity contribution is 5.87. The molecular formula is C26H32N6O3. The van der Waals surface area contributed by atoms with Gasteiger partial charge < -0.3 is 15.0 Å². The second kappa shape index (κ2) is 11.1. The minimum Gasteiger partial charge on any atom is -0.497 e. The first-order chi connectivity index (χ1) is 16.9. The molecule has 1 aliphatic carbocycles. The summed E-state index contributed by atoms with van der Waals surface area (Å²) in [6, 6.07) is 14.8. The maximum Gasteiger partial charge on any atom is 0.247 e. The van der Waals surface area contributed by atoms with Crippen molar-refractivity contribution in [3.63, 3.8) is 0 Å². The van der Waals surface area contributed by atoms with Crippen LogP contribution in [0.25, 0.3) is 11.4 Å². The molecule has 1 aromatic heterocycles. The fourth-order valence-corrected chi connectivity index (χ4v) is 4.24. The van der Waals surface area contributed by atoms with Crippen molar-refractivity contribution in [1.82, 2.24) is 30.4 Å². The van der Waals surface area contributed by atoms with Crippen molar-refractivity contribution < 1.29 is 14.3 Å². The number of carbonyl (C=O) groups excluding carboxylic acids is 2. The van der Waals surface area contributed by atoms with E-state index in [1.165, 1.54) is 4.80 Å². The van der Waals surface area contributed by atoms with Crippen LogP contribution in [0.2, 0.25) is 0 Å². The number of tetrazole rings is 1. The molecule has 1 atom stereocenters. The summed E-state index contributed by atoms with van der Waals surface area (Å²) < 4.78 is 5.23. The number of hydrogen-bond donors (Lipinski definition) is 1. The van der Waals surface area contributed by atoms with E-state index in [9.17, 15) is 9.59 Å². The van der Waals surface area contributed by atoms with Crippen molar-refractivity contribution in [2.45, 2.75) is 64.7 Å². The van der Waals surface area contributed by atoms with Crippen LogP contribution in [0.15, 0.2) is 48.5 Å². The number of carbonyl (C=O) groups is 2. The zero-order valence-electron chi connectivity index (χ0n) is 20.5. The second-order valence-electron chi connectivity index (χ2n) is 9.05. The molecule has 0 spiro atoms. The van der Waals surface area contributed by atoms with Crippen molar-refractivity contribution in [1.29, 1.82) is 0 Å². The van der Waals surface area contributed by atoms with Gasteiger partial charge in [0.25, 0.3) is 0 Å². The van der Waals surface area contributed by atoms with Crippen molar-refractivity contribution >= 4 is 11.8 Å². The van der Waals surface area contributed by atoms with Crippen LogP contribution in [-0.4, -0.2) is 56.1 Å². The average Bonchev–Trinajstić information content (AvgIpc) is 3.55. The molecule has 4 rings (SSSR count). The summed E-state index contributed by atoms with van der Waals surface area (Å²) in [6.45, 7) is 3.93. The molecule has 2 amide bonds. The summed E-state index contributed by atoms with van der Waals surface area (Å²) in [5.74, 6) is 0.772. The van der Waals surface area contributed by atoms with Crippen LogP contribution < -0.4 is 10.1 Å². The minimum atomic E-state index is -0.648. The van der Waals surface area contributed by atoms with Crippen LogP contribution in [0.4, 0.5) is 0 Å². The fourth-order valence-electron chi connectivity index (χ4n) is 4.24. The Morgan fingerprint density at radius 2 is 1.80 bits per heavy atom. The van der Waals surface area contributed by atoms with E-state index in [4.69, 9.17) is 4.74 Å². The molecule has 3 aromatic rings. The third kappa shape index (κ3) is 6.23. The molecule has 35 heavy (non-hydrogen) atoms. The quantitative estimate of drug-likeness (QED) is 0.509. The fraction of sp³-hybridized carbons (Fsp3) is 0.423. The lowest BCUT2D eigenvalue weighted by Gasteiger charge is -2.29. The van der Waals surface area contributed by atoms with Crippen molar-refractivity contribution in [2.75, 3.05) is 7.11 Å². The molecule has 9 nitrogen and oxygen atoms in total. The highest BCUT2D eigenvalue weighted by Gasteiger charge is 2.29. The Bertz CT molecular complexity index is 1140. The summed E-state index contributed by atoms with van der Waals surface area (Å²) in [5, 5.41) is 15.7. The molecule has 1 heterocycles. The first kappa shape index (κ1) is 24.4. The van der Waals surface area contributed by atoms with Gasteiger partial charge in [0.2, 0.25) is 17.6 Å². The molecular weight excluding hydrogens is 444 g/mol. The normalized spacial score (nSPS) is 14.5. The zero-order valence-corrected chi connectivity index (χ0v) is 20.5. The van der Waals surface area contributed by atoms with E-state index in [1.54, 1.807) is 18.9 Å². The van der Waals surface area contributed by atoms with Gasteiger partial charge in [-0.1, -0.05) is 54.8 Å². The molecule has 0 bridgehead atoms.